The molecule has 0 aliphatic carbocycles. The molecule has 2 bridgehead atoms. The van der Waals surface area contributed by atoms with Crippen molar-refractivity contribution < 1.29 is 0 Å². The van der Waals surface area contributed by atoms with Crippen molar-refractivity contribution in [1.29, 1.82) is 0 Å². The largest absolute Gasteiger partial charge is 0.627 e. The minimum absolute atomic E-state index is 0. The van der Waals surface area contributed by atoms with Gasteiger partial charge in [-0.2, -0.15) is 0 Å². The van der Waals surface area contributed by atoms with E-state index in [9.17, 15) is 0 Å². The first kappa shape index (κ1) is 19.8. The molecule has 0 unspecified atom stereocenters. The van der Waals surface area contributed by atoms with E-state index in [1.165, 1.54) is 59.5 Å². The van der Waals surface area contributed by atoms with Crippen molar-refractivity contribution in [2.24, 2.45) is 7.54 Å². The first-order valence-electron chi connectivity index (χ1n) is 2.92. The van der Waals surface area contributed by atoms with Crippen molar-refractivity contribution in [3.63, 3.8) is 0 Å². The Morgan fingerprint density at radius 2 is 1.53 bits per heavy atom. The van der Waals surface area contributed by atoms with E-state index in [-0.39, 0.29) is 54.6 Å². The molecule has 17 heteroatoms. The molecule has 3 heterocycles. The standard InChI is InChI=1S/N5S4.N3S3.2Tl/c1-6-2-9-4-7-3-8(1)5-9;1-4-2-6-3-5-1;;/q-3;+3;;/t8-,9+;;;. The van der Waals surface area contributed by atoms with Gasteiger partial charge in [-0.15, -0.1) is 12.1 Å². The molecule has 2 aliphatic heterocycles. The van der Waals surface area contributed by atoms with Crippen LogP contribution in [0.2, 0.25) is 0 Å². The number of rotatable bonds is 0. The topological polar surface area (TPSA) is 106 Å². The smallest absolute Gasteiger partial charge is 0.574 e. The van der Waals surface area contributed by atoms with Gasteiger partial charge < -0.3 is 24.5 Å². The SMILES string of the molecule is N1=[S@@]2N=[S@]([N-]S1)[N-]S[N-]2.[Tl].[Tl].n1[s+]n[s+]n[s+]1. The third-order valence-corrected chi connectivity index (χ3v) is 6.60. The molecule has 0 aromatic carbocycles. The van der Waals surface area contributed by atoms with E-state index in [1.807, 2.05) is 0 Å². The fourth-order valence-corrected chi connectivity index (χ4v) is 6.05. The van der Waals surface area contributed by atoms with Crippen LogP contribution in [0.4, 0.5) is 0 Å². The molecule has 8 nitrogen and oxygen atoms in total. The molecular weight excluding hydrogens is 745 g/mol. The zero-order chi connectivity index (χ0) is 10.3. The van der Waals surface area contributed by atoms with Gasteiger partial charge in [0.05, 0.1) is 0 Å². The second-order valence-corrected chi connectivity index (χ2v) is 8.06. The maximum absolute atomic E-state index is 4.03. The second kappa shape index (κ2) is 12.5. The molecule has 0 amide bonds. The summed E-state index contributed by atoms with van der Waals surface area (Å²) in [5, 5.41) is 0. The van der Waals surface area contributed by atoms with E-state index < -0.39 is 22.1 Å². The van der Waals surface area contributed by atoms with Gasteiger partial charge in [0.2, 0.25) is 0 Å². The number of aromatic nitrogens is 3. The van der Waals surface area contributed by atoms with E-state index in [2.05, 4.69) is 31.2 Å². The van der Waals surface area contributed by atoms with Crippen LogP contribution in [-0.4, -0.2) is 65.9 Å². The van der Waals surface area contributed by atoms with Gasteiger partial charge in [0, 0.05) is 54.6 Å². The van der Waals surface area contributed by atoms with Crippen LogP contribution in [0, 0.1) is 0 Å². The molecule has 1 aromatic heterocycles. The van der Waals surface area contributed by atoms with Crippen molar-refractivity contribution >= 4 is 136 Å². The van der Waals surface area contributed by atoms with Crippen LogP contribution < -0.4 is 0 Å². The molecule has 17 heavy (non-hydrogen) atoms. The average Bonchev–Trinajstić information content (AvgIpc) is 2.32. The van der Waals surface area contributed by atoms with Gasteiger partial charge in [0.1, 0.15) is 0 Å². The molecule has 0 spiro atoms. The van der Waals surface area contributed by atoms with Gasteiger partial charge in [-0.1, -0.05) is 11.1 Å². The normalized spacial score (nSPS) is 24.5. The van der Waals surface area contributed by atoms with E-state index in [0.717, 1.165) is 0 Å². The third kappa shape index (κ3) is 8.61. The first-order chi connectivity index (χ1) is 7.45. The van der Waals surface area contributed by atoms with Crippen LogP contribution in [0.3, 0.4) is 0 Å². The van der Waals surface area contributed by atoms with Crippen molar-refractivity contribution in [3.8, 4) is 0 Å². The predicted molar refractivity (Wildman–Crippen MR) is 83.0 cm³/mol. The fourth-order valence-electron chi connectivity index (χ4n) is 0.373. The van der Waals surface area contributed by atoms with Crippen molar-refractivity contribution in [2.75, 3.05) is 0 Å². The quantitative estimate of drug-likeness (QED) is 0.231. The average molecular weight is 745 g/mol. The van der Waals surface area contributed by atoms with Crippen LogP contribution in [-0.2, 0) is 22.1 Å². The molecule has 88 valence electrons. The van der Waals surface area contributed by atoms with Crippen LogP contribution >= 0.6 is 59.5 Å². The molecule has 3 rings (SSSR count). The van der Waals surface area contributed by atoms with Gasteiger partial charge in [0.15, 0.2) is 0 Å². The summed E-state index contributed by atoms with van der Waals surface area (Å²) in [6.07, 6.45) is 0. The Morgan fingerprint density at radius 1 is 0.882 bits per heavy atom. The molecule has 0 N–H and O–H groups in total. The molecule has 0 saturated carbocycles. The summed E-state index contributed by atoms with van der Waals surface area (Å²) in [5.74, 6) is 0. The Bertz CT molecular complexity index is 341. The van der Waals surface area contributed by atoms with Gasteiger partial charge in [-0.3, -0.25) is 11.1 Å². The number of fused-ring (bicyclic) bond motifs is 1. The van der Waals surface area contributed by atoms with E-state index in [1.54, 1.807) is 0 Å². The molecule has 0 fully saturated rings. The van der Waals surface area contributed by atoms with Crippen LogP contribution in [0.5, 0.6) is 0 Å². The monoisotopic (exact) mass is 746 g/mol. The second-order valence-electron chi connectivity index (χ2n) is 1.49. The molecule has 1 aromatic rings. The Hall–Kier alpha value is 2.78. The number of hydrogen-bond donors (Lipinski definition) is 0. The molecule has 0 saturated heterocycles. The summed E-state index contributed by atoms with van der Waals surface area (Å²) in [6, 6.07) is 0. The minimum Gasteiger partial charge on any atom is -0.574 e. The first-order valence-corrected chi connectivity index (χ1v) is 8.76. The van der Waals surface area contributed by atoms with Crippen LogP contribution in [0.15, 0.2) is 7.54 Å². The van der Waals surface area contributed by atoms with Crippen molar-refractivity contribution in [3.05, 3.63) is 12.4 Å². The Morgan fingerprint density at radius 3 is 2.00 bits per heavy atom. The summed E-state index contributed by atoms with van der Waals surface area (Å²) in [4.78, 5) is 0. The van der Waals surface area contributed by atoms with Crippen molar-refractivity contribution in [1.82, 2.24) is 11.3 Å². The predicted octanol–water partition coefficient (Wildman–Crippen LogP) is 2.66. The maximum atomic E-state index is 4.03. The van der Waals surface area contributed by atoms with Crippen LogP contribution in [0.25, 0.3) is 12.4 Å². The Kier molecular flexibility index (Phi) is 14.6. The van der Waals surface area contributed by atoms with Gasteiger partial charge >= 0.3 is 46.5 Å². The summed E-state index contributed by atoms with van der Waals surface area (Å²) >= 11 is 4.93. The zero-order valence-electron chi connectivity index (χ0n) is 7.59. The molecular formula is N8S7Tl2. The van der Waals surface area contributed by atoms with Crippen molar-refractivity contribution in [2.45, 2.75) is 0 Å². The maximum Gasteiger partial charge on any atom is 0.627 e. The van der Waals surface area contributed by atoms with Gasteiger partial charge in [-0.25, -0.2) is 7.54 Å². The van der Waals surface area contributed by atoms with E-state index >= 15 is 0 Å². The number of nitrogens with zero attached hydrogens (tertiary/aromatic N) is 8. The fraction of sp³-hybridized carbons (Fsp3) is 0. The summed E-state index contributed by atoms with van der Waals surface area (Å²) < 4.78 is 30.7. The number of hydrogen-bond acceptors (Lipinski definition) is 7. The van der Waals surface area contributed by atoms with Gasteiger partial charge in [0.25, 0.3) is 0 Å². The molecule has 2 atom stereocenters. The third-order valence-electron chi connectivity index (χ3n) is 0.733. The Labute approximate surface area is 164 Å². The summed E-state index contributed by atoms with van der Waals surface area (Å²) in [7, 11) is 0. The summed E-state index contributed by atoms with van der Waals surface area (Å²) in [6.45, 7) is 0. The minimum atomic E-state index is -0.469. The molecule has 2 radical (unpaired) electrons. The van der Waals surface area contributed by atoms with Crippen LogP contribution in [0.1, 0.15) is 0 Å². The molecule has 2 aliphatic rings. The zero-order valence-corrected chi connectivity index (χ0v) is 22.3. The Balaban J connectivity index is 0.000000287. The summed E-state index contributed by atoms with van der Waals surface area (Å²) in [5.41, 5.74) is 0. The van der Waals surface area contributed by atoms with Gasteiger partial charge in [-0.05, 0) is 0 Å². The van der Waals surface area contributed by atoms with E-state index in [0.29, 0.717) is 0 Å². The van der Waals surface area contributed by atoms with E-state index in [4.69, 9.17) is 0 Å².